The maximum absolute atomic E-state index is 13.8. The number of rotatable bonds is 1. The van der Waals surface area contributed by atoms with E-state index in [9.17, 15) is 4.39 Å². The number of anilines is 1. The Hall–Kier alpha value is -1.54. The number of benzene rings is 2. The van der Waals surface area contributed by atoms with Crippen LogP contribution in [-0.4, -0.2) is 0 Å². The summed E-state index contributed by atoms with van der Waals surface area (Å²) in [6.45, 7) is 3.82. The summed E-state index contributed by atoms with van der Waals surface area (Å²) in [4.78, 5) is 0. The molecule has 3 heteroatoms. The largest absolute Gasteiger partial charge is 0.399 e. The first-order valence-electron chi connectivity index (χ1n) is 5.31. The molecule has 17 heavy (non-hydrogen) atoms. The van der Waals surface area contributed by atoms with Crippen LogP contribution in [0.5, 0.6) is 0 Å². The Kier molecular flexibility index (Phi) is 3.07. The van der Waals surface area contributed by atoms with E-state index in [0.717, 1.165) is 16.7 Å². The number of hydrogen-bond donors (Lipinski definition) is 1. The molecule has 88 valence electrons. The topological polar surface area (TPSA) is 26.0 Å². The molecular formula is C14H13ClFN. The molecule has 2 N–H and O–H groups in total. The van der Waals surface area contributed by atoms with Gasteiger partial charge in [0.05, 0.1) is 0 Å². The van der Waals surface area contributed by atoms with E-state index in [0.29, 0.717) is 16.3 Å². The van der Waals surface area contributed by atoms with Gasteiger partial charge in [0.15, 0.2) is 0 Å². The van der Waals surface area contributed by atoms with Gasteiger partial charge >= 0.3 is 0 Å². The summed E-state index contributed by atoms with van der Waals surface area (Å²) in [5.74, 6) is -0.310. The molecule has 2 rings (SSSR count). The van der Waals surface area contributed by atoms with Crippen molar-refractivity contribution in [1.29, 1.82) is 0 Å². The minimum Gasteiger partial charge on any atom is -0.399 e. The second-order valence-corrected chi connectivity index (χ2v) is 4.56. The van der Waals surface area contributed by atoms with Crippen LogP contribution in [0, 0.1) is 19.7 Å². The van der Waals surface area contributed by atoms with E-state index in [1.807, 2.05) is 26.0 Å². The van der Waals surface area contributed by atoms with Gasteiger partial charge < -0.3 is 5.73 Å². The third-order valence-corrected chi connectivity index (χ3v) is 3.20. The van der Waals surface area contributed by atoms with Crippen LogP contribution in [-0.2, 0) is 0 Å². The molecule has 0 heterocycles. The van der Waals surface area contributed by atoms with Gasteiger partial charge in [-0.05, 0) is 60.9 Å². The lowest BCUT2D eigenvalue weighted by Crippen LogP contribution is -1.92. The predicted octanol–water partition coefficient (Wildman–Crippen LogP) is 4.35. The van der Waals surface area contributed by atoms with Crippen LogP contribution in [0.3, 0.4) is 0 Å². The summed E-state index contributed by atoms with van der Waals surface area (Å²) in [5, 5.41) is 0.696. The van der Waals surface area contributed by atoms with Crippen LogP contribution in [0.2, 0.25) is 5.02 Å². The molecule has 0 atom stereocenters. The highest BCUT2D eigenvalue weighted by Gasteiger charge is 2.10. The monoisotopic (exact) mass is 249 g/mol. The van der Waals surface area contributed by atoms with E-state index in [1.54, 1.807) is 12.1 Å². The van der Waals surface area contributed by atoms with Crippen molar-refractivity contribution in [1.82, 2.24) is 0 Å². The third kappa shape index (κ3) is 2.27. The SMILES string of the molecule is Cc1cc(-c2ccc(N)cc2F)c(C)cc1Cl. The van der Waals surface area contributed by atoms with E-state index < -0.39 is 0 Å². The van der Waals surface area contributed by atoms with Crippen molar-refractivity contribution in [3.63, 3.8) is 0 Å². The van der Waals surface area contributed by atoms with Gasteiger partial charge in [-0.15, -0.1) is 0 Å². The highest BCUT2D eigenvalue weighted by molar-refractivity contribution is 6.31. The summed E-state index contributed by atoms with van der Waals surface area (Å²) >= 11 is 6.02. The van der Waals surface area contributed by atoms with E-state index in [1.165, 1.54) is 6.07 Å². The predicted molar refractivity (Wildman–Crippen MR) is 70.7 cm³/mol. The Morgan fingerprint density at radius 2 is 1.71 bits per heavy atom. The fourth-order valence-corrected chi connectivity index (χ4v) is 2.04. The highest BCUT2D eigenvalue weighted by Crippen LogP contribution is 2.31. The Morgan fingerprint density at radius 3 is 2.35 bits per heavy atom. The third-order valence-electron chi connectivity index (χ3n) is 2.79. The van der Waals surface area contributed by atoms with Gasteiger partial charge in [0.1, 0.15) is 5.82 Å². The number of nitrogen functional groups attached to an aromatic ring is 1. The van der Waals surface area contributed by atoms with Crippen molar-refractivity contribution in [3.8, 4) is 11.1 Å². The molecule has 0 saturated carbocycles. The lowest BCUT2D eigenvalue weighted by atomic mass is 9.98. The van der Waals surface area contributed by atoms with Crippen molar-refractivity contribution in [2.75, 3.05) is 5.73 Å². The van der Waals surface area contributed by atoms with Gasteiger partial charge in [0.25, 0.3) is 0 Å². The van der Waals surface area contributed by atoms with E-state index in [4.69, 9.17) is 17.3 Å². The van der Waals surface area contributed by atoms with Crippen molar-refractivity contribution in [3.05, 3.63) is 52.3 Å². The number of aryl methyl sites for hydroxylation is 2. The van der Waals surface area contributed by atoms with Gasteiger partial charge in [0, 0.05) is 16.3 Å². The number of nitrogens with two attached hydrogens (primary N) is 1. The maximum Gasteiger partial charge on any atom is 0.133 e. The van der Waals surface area contributed by atoms with Crippen LogP contribution in [0.4, 0.5) is 10.1 Å². The minimum atomic E-state index is -0.310. The first kappa shape index (κ1) is 11.9. The molecule has 0 fully saturated rings. The molecule has 0 unspecified atom stereocenters. The summed E-state index contributed by atoms with van der Waals surface area (Å²) < 4.78 is 13.8. The van der Waals surface area contributed by atoms with Gasteiger partial charge in [0.2, 0.25) is 0 Å². The maximum atomic E-state index is 13.8. The second kappa shape index (κ2) is 4.38. The van der Waals surface area contributed by atoms with E-state index >= 15 is 0 Å². The summed E-state index contributed by atoms with van der Waals surface area (Å²) in [5.41, 5.74) is 9.25. The molecule has 2 aromatic rings. The lowest BCUT2D eigenvalue weighted by molar-refractivity contribution is 0.632. The molecule has 0 aliphatic rings. The summed E-state index contributed by atoms with van der Waals surface area (Å²) in [6.07, 6.45) is 0. The van der Waals surface area contributed by atoms with Crippen LogP contribution in [0.1, 0.15) is 11.1 Å². The van der Waals surface area contributed by atoms with Gasteiger partial charge in [-0.3, -0.25) is 0 Å². The van der Waals surface area contributed by atoms with E-state index in [-0.39, 0.29) is 5.82 Å². The zero-order valence-electron chi connectivity index (χ0n) is 9.72. The Bertz CT molecular complexity index is 579. The summed E-state index contributed by atoms with van der Waals surface area (Å²) in [7, 11) is 0. The zero-order chi connectivity index (χ0) is 12.6. The molecule has 0 amide bonds. The standard InChI is InChI=1S/C14H13ClFN/c1-8-6-13(15)9(2)5-12(8)11-4-3-10(17)7-14(11)16/h3-7H,17H2,1-2H3. The smallest absolute Gasteiger partial charge is 0.133 e. The lowest BCUT2D eigenvalue weighted by Gasteiger charge is -2.10. The first-order valence-corrected chi connectivity index (χ1v) is 5.69. The van der Waals surface area contributed by atoms with Crippen molar-refractivity contribution >= 4 is 17.3 Å². The Morgan fingerprint density at radius 1 is 1.00 bits per heavy atom. The average molecular weight is 250 g/mol. The molecule has 0 spiro atoms. The Balaban J connectivity index is 2.64. The second-order valence-electron chi connectivity index (χ2n) is 4.16. The number of halogens is 2. The van der Waals surface area contributed by atoms with E-state index in [2.05, 4.69) is 0 Å². The fourth-order valence-electron chi connectivity index (χ4n) is 1.82. The average Bonchev–Trinajstić information content (AvgIpc) is 2.24. The molecule has 0 radical (unpaired) electrons. The quantitative estimate of drug-likeness (QED) is 0.748. The molecule has 1 nitrogen and oxygen atoms in total. The van der Waals surface area contributed by atoms with Crippen LogP contribution < -0.4 is 5.73 Å². The normalized spacial score (nSPS) is 10.6. The summed E-state index contributed by atoms with van der Waals surface area (Å²) in [6, 6.07) is 8.47. The van der Waals surface area contributed by atoms with Crippen LogP contribution in [0.25, 0.3) is 11.1 Å². The highest BCUT2D eigenvalue weighted by atomic mass is 35.5. The van der Waals surface area contributed by atoms with Crippen molar-refractivity contribution in [2.45, 2.75) is 13.8 Å². The van der Waals surface area contributed by atoms with Gasteiger partial charge in [-0.2, -0.15) is 0 Å². The molecule has 0 bridgehead atoms. The Labute approximate surface area is 105 Å². The van der Waals surface area contributed by atoms with Crippen molar-refractivity contribution in [2.24, 2.45) is 0 Å². The molecule has 0 aliphatic heterocycles. The van der Waals surface area contributed by atoms with Gasteiger partial charge in [-0.25, -0.2) is 4.39 Å². The zero-order valence-corrected chi connectivity index (χ0v) is 10.5. The number of hydrogen-bond acceptors (Lipinski definition) is 1. The molecule has 0 aromatic heterocycles. The fraction of sp³-hybridized carbons (Fsp3) is 0.143. The molecule has 2 aromatic carbocycles. The van der Waals surface area contributed by atoms with Crippen LogP contribution in [0.15, 0.2) is 30.3 Å². The van der Waals surface area contributed by atoms with Crippen LogP contribution >= 0.6 is 11.6 Å². The van der Waals surface area contributed by atoms with Crippen molar-refractivity contribution < 1.29 is 4.39 Å². The first-order chi connectivity index (χ1) is 7.99. The molecule has 0 saturated heterocycles. The molecule has 0 aliphatic carbocycles. The molecular weight excluding hydrogens is 237 g/mol. The van der Waals surface area contributed by atoms with Gasteiger partial charge in [-0.1, -0.05) is 11.6 Å². The minimum absolute atomic E-state index is 0.310.